The molecule has 0 saturated heterocycles. The number of carbonyl (C=O) groups is 2. The van der Waals surface area contributed by atoms with E-state index in [-0.39, 0.29) is 5.56 Å². The van der Waals surface area contributed by atoms with Crippen LogP contribution in [0.15, 0.2) is 30.3 Å². The second-order valence-corrected chi connectivity index (χ2v) is 6.68. The number of anilines is 2. The number of thiophene rings is 1. The highest BCUT2D eigenvalue weighted by Crippen LogP contribution is 2.37. The monoisotopic (exact) mass is 345 g/mol. The summed E-state index contributed by atoms with van der Waals surface area (Å²) in [4.78, 5) is 27.1. The number of para-hydroxylation sites is 1. The normalized spacial score (nSPS) is 14.0. The van der Waals surface area contributed by atoms with E-state index >= 15 is 0 Å². The third kappa shape index (κ3) is 3.42. The van der Waals surface area contributed by atoms with E-state index in [1.54, 1.807) is 12.1 Å². The largest absolute Gasteiger partial charge is 0.478 e. The van der Waals surface area contributed by atoms with Crippen molar-refractivity contribution in [2.75, 3.05) is 23.7 Å². The number of hydrogen-bond donors (Lipinski definition) is 3. The van der Waals surface area contributed by atoms with E-state index in [1.165, 1.54) is 11.3 Å². The second-order valence-electron chi connectivity index (χ2n) is 5.58. The van der Waals surface area contributed by atoms with Gasteiger partial charge in [-0.15, -0.1) is 11.3 Å². The van der Waals surface area contributed by atoms with E-state index in [0.717, 1.165) is 30.1 Å². The number of carbonyl (C=O) groups excluding carboxylic acids is 1. The lowest BCUT2D eigenvalue weighted by Crippen LogP contribution is -2.29. The summed E-state index contributed by atoms with van der Waals surface area (Å²) in [6.07, 6.45) is 0.698. The Labute approximate surface area is 144 Å². The van der Waals surface area contributed by atoms with Crippen LogP contribution in [-0.2, 0) is 13.0 Å². The minimum absolute atomic E-state index is 0.231. The smallest absolute Gasteiger partial charge is 0.339 e. The molecule has 24 heavy (non-hydrogen) atoms. The minimum atomic E-state index is -0.993. The van der Waals surface area contributed by atoms with Gasteiger partial charge in [-0.3, -0.25) is 10.2 Å². The fraction of sp³-hybridized carbons (Fsp3) is 0.294. The summed E-state index contributed by atoms with van der Waals surface area (Å²) in [5, 5.41) is 15.4. The number of aromatic carboxylic acids is 1. The Morgan fingerprint density at radius 3 is 2.67 bits per heavy atom. The van der Waals surface area contributed by atoms with Gasteiger partial charge in [0.05, 0.1) is 5.56 Å². The fourth-order valence-corrected chi connectivity index (χ4v) is 4.10. The lowest BCUT2D eigenvalue weighted by atomic mass is 10.0. The first-order chi connectivity index (χ1) is 11.6. The Balaban J connectivity index is 1.81. The Bertz CT molecular complexity index is 758. The fourth-order valence-electron chi connectivity index (χ4n) is 2.83. The maximum atomic E-state index is 12.2. The molecule has 7 heteroatoms. The summed E-state index contributed by atoms with van der Waals surface area (Å²) in [6, 6.07) is 8.61. The van der Waals surface area contributed by atoms with E-state index in [1.807, 2.05) is 18.2 Å². The molecular weight excluding hydrogens is 326 g/mol. The third-order valence-electron chi connectivity index (χ3n) is 4.06. The minimum Gasteiger partial charge on any atom is -0.478 e. The highest BCUT2D eigenvalue weighted by molar-refractivity contribution is 7.17. The summed E-state index contributed by atoms with van der Waals surface area (Å²) in [5.74, 6) is -0.993. The van der Waals surface area contributed by atoms with E-state index in [9.17, 15) is 14.7 Å². The molecule has 2 heterocycles. The van der Waals surface area contributed by atoms with E-state index < -0.39 is 12.0 Å². The van der Waals surface area contributed by atoms with Crippen molar-refractivity contribution in [1.82, 2.24) is 4.90 Å². The standard InChI is InChI=1S/C17H19N3O3S/c1-2-20-9-8-12-13(10-20)24-15(14(12)16(21)22)19-17(23)18-11-6-4-3-5-7-11/h3-7H,2,8-10H2,1H3,(H,21,22)(H2,18,19,23). The maximum Gasteiger partial charge on any atom is 0.339 e. The zero-order valence-corrected chi connectivity index (χ0v) is 14.2. The predicted octanol–water partition coefficient (Wildman–Crippen LogP) is 3.47. The first-order valence-electron chi connectivity index (χ1n) is 7.81. The van der Waals surface area contributed by atoms with Crippen LogP contribution >= 0.6 is 11.3 Å². The molecule has 126 valence electrons. The van der Waals surface area contributed by atoms with Gasteiger partial charge in [0.15, 0.2) is 0 Å². The molecule has 0 bridgehead atoms. The molecule has 2 amide bonds. The van der Waals surface area contributed by atoms with Crippen molar-refractivity contribution in [3.05, 3.63) is 46.3 Å². The van der Waals surface area contributed by atoms with E-state index in [2.05, 4.69) is 22.5 Å². The van der Waals surface area contributed by atoms with Crippen molar-refractivity contribution in [2.45, 2.75) is 19.9 Å². The third-order valence-corrected chi connectivity index (χ3v) is 5.19. The van der Waals surface area contributed by atoms with Crippen LogP contribution < -0.4 is 10.6 Å². The molecule has 0 spiro atoms. The number of carboxylic acids is 1. The maximum absolute atomic E-state index is 12.2. The molecule has 1 aliphatic heterocycles. The summed E-state index contributed by atoms with van der Waals surface area (Å²) in [5.41, 5.74) is 1.74. The van der Waals surface area contributed by atoms with Gasteiger partial charge < -0.3 is 10.4 Å². The zero-order chi connectivity index (χ0) is 17.1. The number of amides is 2. The molecule has 1 aromatic heterocycles. The molecule has 0 aliphatic carbocycles. The molecule has 3 N–H and O–H groups in total. The number of likely N-dealkylation sites (N-methyl/N-ethyl adjacent to an activating group) is 1. The van der Waals surface area contributed by atoms with Crippen molar-refractivity contribution in [2.24, 2.45) is 0 Å². The highest BCUT2D eigenvalue weighted by atomic mass is 32.1. The molecule has 1 aliphatic rings. The van der Waals surface area contributed by atoms with Crippen LogP contribution in [0.4, 0.5) is 15.5 Å². The van der Waals surface area contributed by atoms with Crippen LogP contribution in [0.25, 0.3) is 0 Å². The lowest BCUT2D eigenvalue weighted by molar-refractivity contribution is 0.0696. The number of rotatable bonds is 4. The number of benzene rings is 1. The van der Waals surface area contributed by atoms with Gasteiger partial charge in [0.1, 0.15) is 5.00 Å². The van der Waals surface area contributed by atoms with Crippen molar-refractivity contribution < 1.29 is 14.7 Å². The average Bonchev–Trinajstić information content (AvgIpc) is 2.92. The highest BCUT2D eigenvalue weighted by Gasteiger charge is 2.28. The summed E-state index contributed by atoms with van der Waals surface area (Å²) in [6.45, 7) is 4.59. The first kappa shape index (κ1) is 16.5. The molecule has 1 aromatic carbocycles. The quantitative estimate of drug-likeness (QED) is 0.792. The molecule has 2 aromatic rings. The Kier molecular flexibility index (Phi) is 4.82. The Morgan fingerprint density at radius 1 is 1.25 bits per heavy atom. The topological polar surface area (TPSA) is 81.7 Å². The van der Waals surface area contributed by atoms with Gasteiger partial charge in [0.2, 0.25) is 0 Å². The van der Waals surface area contributed by atoms with Crippen LogP contribution in [0.5, 0.6) is 0 Å². The first-order valence-corrected chi connectivity index (χ1v) is 8.63. The van der Waals surface area contributed by atoms with Gasteiger partial charge in [0.25, 0.3) is 0 Å². The van der Waals surface area contributed by atoms with Crippen LogP contribution in [0.1, 0.15) is 27.7 Å². The van der Waals surface area contributed by atoms with E-state index in [0.29, 0.717) is 17.1 Å². The van der Waals surface area contributed by atoms with Crippen molar-refractivity contribution >= 4 is 34.0 Å². The summed E-state index contributed by atoms with van der Waals surface area (Å²) >= 11 is 1.35. The SMILES string of the molecule is CCN1CCc2c(sc(NC(=O)Nc3ccccc3)c2C(=O)O)C1. The molecule has 0 radical (unpaired) electrons. The summed E-state index contributed by atoms with van der Waals surface area (Å²) < 4.78 is 0. The number of hydrogen-bond acceptors (Lipinski definition) is 4. The molecule has 0 atom stereocenters. The van der Waals surface area contributed by atoms with Gasteiger partial charge in [-0.05, 0) is 30.7 Å². The Morgan fingerprint density at radius 2 is 2.00 bits per heavy atom. The Hall–Kier alpha value is -2.38. The van der Waals surface area contributed by atoms with Gasteiger partial charge in [-0.25, -0.2) is 9.59 Å². The van der Waals surface area contributed by atoms with Crippen LogP contribution in [-0.4, -0.2) is 35.1 Å². The van der Waals surface area contributed by atoms with Crippen LogP contribution in [0.2, 0.25) is 0 Å². The molecule has 6 nitrogen and oxygen atoms in total. The van der Waals surface area contributed by atoms with Crippen molar-refractivity contribution in [1.29, 1.82) is 0 Å². The number of fused-ring (bicyclic) bond motifs is 1. The number of urea groups is 1. The molecule has 0 unspecified atom stereocenters. The van der Waals surface area contributed by atoms with Crippen molar-refractivity contribution in [3.8, 4) is 0 Å². The number of nitrogens with one attached hydrogen (secondary N) is 2. The molecule has 0 fully saturated rings. The van der Waals surface area contributed by atoms with Crippen LogP contribution in [0, 0.1) is 0 Å². The summed E-state index contributed by atoms with van der Waals surface area (Å²) in [7, 11) is 0. The zero-order valence-electron chi connectivity index (χ0n) is 13.3. The lowest BCUT2D eigenvalue weighted by Gasteiger charge is -2.25. The van der Waals surface area contributed by atoms with Crippen molar-refractivity contribution in [3.63, 3.8) is 0 Å². The van der Waals surface area contributed by atoms with Crippen LogP contribution in [0.3, 0.4) is 0 Å². The van der Waals surface area contributed by atoms with Gasteiger partial charge >= 0.3 is 12.0 Å². The predicted molar refractivity (Wildman–Crippen MR) is 95.0 cm³/mol. The molecule has 3 rings (SSSR count). The number of carboxylic acid groups (broad SMARTS) is 1. The van der Waals surface area contributed by atoms with Gasteiger partial charge in [-0.1, -0.05) is 25.1 Å². The number of nitrogens with zero attached hydrogens (tertiary/aromatic N) is 1. The van der Waals surface area contributed by atoms with Gasteiger partial charge in [-0.2, -0.15) is 0 Å². The molecule has 0 saturated carbocycles. The molecular formula is C17H19N3O3S. The average molecular weight is 345 g/mol. The second kappa shape index (κ2) is 7.02. The van der Waals surface area contributed by atoms with E-state index in [4.69, 9.17) is 0 Å². The van der Waals surface area contributed by atoms with Gasteiger partial charge in [0, 0.05) is 23.7 Å².